The van der Waals surface area contributed by atoms with Crippen molar-refractivity contribution in [2.75, 3.05) is 47.1 Å². The Labute approximate surface area is 167 Å². The Bertz CT molecular complexity index is 677. The zero-order valence-electron chi connectivity index (χ0n) is 17.0. The van der Waals surface area contributed by atoms with Crippen molar-refractivity contribution < 1.29 is 19.0 Å². The lowest BCUT2D eigenvalue weighted by Gasteiger charge is -2.48. The minimum absolute atomic E-state index is 0.0332. The minimum atomic E-state index is -0.0716. The van der Waals surface area contributed by atoms with Crippen molar-refractivity contribution in [3.8, 4) is 11.5 Å². The van der Waals surface area contributed by atoms with E-state index in [0.29, 0.717) is 18.0 Å². The van der Waals surface area contributed by atoms with Gasteiger partial charge in [0.1, 0.15) is 0 Å². The van der Waals surface area contributed by atoms with E-state index in [-0.39, 0.29) is 11.4 Å². The molecule has 0 spiro atoms. The summed E-state index contributed by atoms with van der Waals surface area (Å²) in [6.07, 6.45) is 9.15. The molecule has 1 amide bonds. The average Bonchev–Trinajstić information content (AvgIpc) is 2.77. The van der Waals surface area contributed by atoms with Crippen molar-refractivity contribution in [2.24, 2.45) is 0 Å². The molecule has 2 fully saturated rings. The van der Waals surface area contributed by atoms with Crippen molar-refractivity contribution >= 4 is 12.0 Å². The summed E-state index contributed by atoms with van der Waals surface area (Å²) in [6, 6.07) is 5.60. The van der Waals surface area contributed by atoms with Gasteiger partial charge in [0, 0.05) is 31.4 Å². The Morgan fingerprint density at radius 2 is 1.86 bits per heavy atom. The molecule has 0 unspecified atom stereocenters. The number of nitrogens with zero attached hydrogens (tertiary/aromatic N) is 1. The smallest absolute Gasteiger partial charge is 0.244 e. The normalized spacial score (nSPS) is 20.1. The van der Waals surface area contributed by atoms with E-state index < -0.39 is 0 Å². The third-order valence-corrected chi connectivity index (χ3v) is 5.88. The molecule has 0 saturated carbocycles. The number of amides is 1. The Kier molecular flexibility index (Phi) is 7.34. The predicted octanol–water partition coefficient (Wildman–Crippen LogP) is 2.87. The van der Waals surface area contributed by atoms with Crippen LogP contribution in [0.4, 0.5) is 0 Å². The molecule has 0 aromatic heterocycles. The molecule has 0 aliphatic carbocycles. The largest absolute Gasteiger partial charge is 0.493 e. The molecule has 2 aliphatic heterocycles. The van der Waals surface area contributed by atoms with E-state index >= 15 is 0 Å². The fourth-order valence-electron chi connectivity index (χ4n) is 4.16. The van der Waals surface area contributed by atoms with E-state index in [4.69, 9.17) is 14.2 Å². The number of hydrogen-bond donors (Lipinski definition) is 1. The number of carbonyl (C=O) groups excluding carboxylic acids is 1. The molecule has 2 aliphatic rings. The maximum atomic E-state index is 12.5. The first-order chi connectivity index (χ1) is 13.7. The summed E-state index contributed by atoms with van der Waals surface area (Å²) in [5, 5.41) is 3.13. The number of nitrogens with one attached hydrogen (secondary N) is 1. The van der Waals surface area contributed by atoms with Gasteiger partial charge in [-0.3, -0.25) is 9.69 Å². The van der Waals surface area contributed by atoms with Gasteiger partial charge in [-0.2, -0.15) is 0 Å². The van der Waals surface area contributed by atoms with Gasteiger partial charge in [0.15, 0.2) is 11.5 Å². The molecule has 28 heavy (non-hydrogen) atoms. The minimum Gasteiger partial charge on any atom is -0.493 e. The lowest BCUT2D eigenvalue weighted by atomic mass is 9.86. The fraction of sp³-hybridized carbons (Fsp3) is 0.591. The highest BCUT2D eigenvalue weighted by Gasteiger charge is 2.38. The van der Waals surface area contributed by atoms with E-state index in [9.17, 15) is 4.79 Å². The lowest BCUT2D eigenvalue weighted by Crippen LogP contribution is -2.59. The van der Waals surface area contributed by atoms with Gasteiger partial charge in [-0.15, -0.1) is 0 Å². The van der Waals surface area contributed by atoms with Crippen LogP contribution in [0.3, 0.4) is 0 Å². The number of hydrogen-bond acceptors (Lipinski definition) is 5. The third kappa shape index (κ3) is 5.06. The summed E-state index contributed by atoms with van der Waals surface area (Å²) in [7, 11) is 3.21. The summed E-state index contributed by atoms with van der Waals surface area (Å²) < 4.78 is 16.2. The molecule has 2 saturated heterocycles. The monoisotopic (exact) mass is 388 g/mol. The van der Waals surface area contributed by atoms with Gasteiger partial charge in [0.2, 0.25) is 5.91 Å². The molecule has 6 heteroatoms. The van der Waals surface area contributed by atoms with Crippen LogP contribution in [-0.2, 0) is 9.53 Å². The number of likely N-dealkylation sites (tertiary alicyclic amines) is 1. The van der Waals surface area contributed by atoms with Crippen molar-refractivity contribution in [1.29, 1.82) is 0 Å². The second kappa shape index (κ2) is 9.94. The maximum absolute atomic E-state index is 12.5. The number of ether oxygens (including phenoxy) is 3. The predicted molar refractivity (Wildman–Crippen MR) is 110 cm³/mol. The van der Waals surface area contributed by atoms with Gasteiger partial charge >= 0.3 is 0 Å². The van der Waals surface area contributed by atoms with Crippen LogP contribution < -0.4 is 14.8 Å². The number of piperidine rings is 1. The van der Waals surface area contributed by atoms with Crippen LogP contribution in [-0.4, -0.2) is 63.4 Å². The van der Waals surface area contributed by atoms with Crippen molar-refractivity contribution in [1.82, 2.24) is 10.2 Å². The number of rotatable bonds is 7. The van der Waals surface area contributed by atoms with E-state index in [1.165, 1.54) is 19.3 Å². The van der Waals surface area contributed by atoms with Gasteiger partial charge in [-0.1, -0.05) is 12.5 Å². The van der Waals surface area contributed by atoms with Gasteiger partial charge in [-0.05, 0) is 62.5 Å². The second-order valence-corrected chi connectivity index (χ2v) is 7.55. The first-order valence-electron chi connectivity index (χ1n) is 10.2. The zero-order valence-corrected chi connectivity index (χ0v) is 17.0. The molecular weight excluding hydrogens is 356 g/mol. The molecule has 2 heterocycles. The highest BCUT2D eigenvalue weighted by Crippen LogP contribution is 2.30. The SMILES string of the molecule is COc1ccc(/C=C/C(=O)NCC2(N3CCCCC3)CCOCC2)cc1OC. The second-order valence-electron chi connectivity index (χ2n) is 7.55. The topological polar surface area (TPSA) is 60.0 Å². The number of methoxy groups -OCH3 is 2. The zero-order chi connectivity index (χ0) is 19.8. The Balaban J connectivity index is 1.60. The number of carbonyl (C=O) groups is 1. The molecule has 0 radical (unpaired) electrons. The number of benzene rings is 1. The van der Waals surface area contributed by atoms with Gasteiger partial charge in [-0.25, -0.2) is 0 Å². The Morgan fingerprint density at radius 1 is 1.14 bits per heavy atom. The third-order valence-electron chi connectivity index (χ3n) is 5.88. The maximum Gasteiger partial charge on any atom is 0.244 e. The van der Waals surface area contributed by atoms with Crippen LogP contribution in [0.2, 0.25) is 0 Å². The molecule has 154 valence electrons. The van der Waals surface area contributed by atoms with Crippen LogP contribution in [0.15, 0.2) is 24.3 Å². The highest BCUT2D eigenvalue weighted by atomic mass is 16.5. The van der Waals surface area contributed by atoms with E-state index in [1.807, 2.05) is 18.2 Å². The van der Waals surface area contributed by atoms with Crippen LogP contribution in [0.25, 0.3) is 6.08 Å². The van der Waals surface area contributed by atoms with E-state index in [2.05, 4.69) is 10.2 Å². The standard InChI is InChI=1S/C22H32N2O4/c1-26-19-8-6-18(16-20(19)27-2)7-9-21(25)23-17-22(10-14-28-15-11-22)24-12-4-3-5-13-24/h6-9,16H,3-5,10-15,17H2,1-2H3,(H,23,25)/b9-7+. The molecule has 0 bridgehead atoms. The first-order valence-corrected chi connectivity index (χ1v) is 10.2. The van der Waals surface area contributed by atoms with E-state index in [1.54, 1.807) is 26.4 Å². The molecule has 3 rings (SSSR count). The summed E-state index contributed by atoms with van der Waals surface area (Å²) in [6.45, 7) is 4.46. The summed E-state index contributed by atoms with van der Waals surface area (Å²) in [4.78, 5) is 15.0. The van der Waals surface area contributed by atoms with Crippen molar-refractivity contribution in [3.63, 3.8) is 0 Å². The molecule has 1 aromatic carbocycles. The van der Waals surface area contributed by atoms with Gasteiger partial charge in [0.25, 0.3) is 0 Å². The molecule has 0 atom stereocenters. The lowest BCUT2D eigenvalue weighted by molar-refractivity contribution is -0.118. The summed E-state index contributed by atoms with van der Waals surface area (Å²) in [5.41, 5.74) is 0.926. The summed E-state index contributed by atoms with van der Waals surface area (Å²) >= 11 is 0. The van der Waals surface area contributed by atoms with Crippen LogP contribution in [0.5, 0.6) is 11.5 Å². The van der Waals surface area contributed by atoms with Crippen LogP contribution in [0.1, 0.15) is 37.7 Å². The Hall–Kier alpha value is -2.05. The fourth-order valence-corrected chi connectivity index (χ4v) is 4.16. The van der Waals surface area contributed by atoms with E-state index in [0.717, 1.165) is 44.7 Å². The average molecular weight is 389 g/mol. The highest BCUT2D eigenvalue weighted by molar-refractivity contribution is 5.91. The van der Waals surface area contributed by atoms with Crippen LogP contribution in [0, 0.1) is 0 Å². The van der Waals surface area contributed by atoms with Crippen molar-refractivity contribution in [2.45, 2.75) is 37.6 Å². The van der Waals surface area contributed by atoms with Crippen LogP contribution >= 0.6 is 0 Å². The summed E-state index contributed by atoms with van der Waals surface area (Å²) in [5.74, 6) is 1.25. The Morgan fingerprint density at radius 3 is 2.54 bits per heavy atom. The first kappa shape index (κ1) is 20.7. The van der Waals surface area contributed by atoms with Gasteiger partial charge in [0.05, 0.1) is 14.2 Å². The molecule has 6 nitrogen and oxygen atoms in total. The molecular formula is C22H32N2O4. The van der Waals surface area contributed by atoms with Crippen molar-refractivity contribution in [3.05, 3.63) is 29.8 Å². The molecule has 1 aromatic rings. The van der Waals surface area contributed by atoms with Gasteiger partial charge < -0.3 is 19.5 Å². The molecule has 1 N–H and O–H groups in total. The quantitative estimate of drug-likeness (QED) is 0.728.